The van der Waals surface area contributed by atoms with Gasteiger partial charge >= 0.3 is 0 Å². The topological polar surface area (TPSA) is 76.8 Å². The van der Waals surface area contributed by atoms with Crippen molar-refractivity contribution < 1.29 is 18.7 Å². The van der Waals surface area contributed by atoms with Crippen LogP contribution in [0.5, 0.6) is 5.75 Å². The molecule has 7 heteroatoms. The zero-order valence-corrected chi connectivity index (χ0v) is 17.5. The number of methoxy groups -OCH3 is 1. The zero-order valence-electron chi connectivity index (χ0n) is 17.5. The number of nitrogens with one attached hydrogen (secondary N) is 1. The average molecular weight is 402 g/mol. The Morgan fingerprint density at radius 3 is 2.66 bits per heavy atom. The number of aromatic nitrogens is 1. The molecule has 2 atom stereocenters. The van der Waals surface area contributed by atoms with Gasteiger partial charge in [0.15, 0.2) is 11.7 Å². The molecule has 2 heterocycles. The second-order valence-electron chi connectivity index (χ2n) is 7.57. The van der Waals surface area contributed by atoms with Crippen LogP contribution in [0.4, 0.5) is 0 Å². The minimum absolute atomic E-state index is 0.0258. The van der Waals surface area contributed by atoms with Gasteiger partial charge in [-0.3, -0.25) is 9.69 Å². The number of ether oxygens (including phenoxy) is 2. The molecular formula is C22H31N3O4. The number of carbonyl (C=O) groups is 1. The van der Waals surface area contributed by atoms with E-state index in [0.717, 1.165) is 37.4 Å². The summed E-state index contributed by atoms with van der Waals surface area (Å²) in [6.45, 7) is 7.78. The second kappa shape index (κ2) is 10.4. The van der Waals surface area contributed by atoms with Crippen LogP contribution in [0.3, 0.4) is 0 Å². The van der Waals surface area contributed by atoms with Gasteiger partial charge in [-0.25, -0.2) is 4.98 Å². The predicted octanol–water partition coefficient (Wildman–Crippen LogP) is 2.90. The molecule has 2 aromatic rings. The highest BCUT2D eigenvalue weighted by Gasteiger charge is 2.21. The molecule has 0 aliphatic carbocycles. The average Bonchev–Trinajstić information content (AvgIpc) is 3.18. The summed E-state index contributed by atoms with van der Waals surface area (Å²) < 4.78 is 16.7. The van der Waals surface area contributed by atoms with Crippen molar-refractivity contribution in [1.29, 1.82) is 0 Å². The van der Waals surface area contributed by atoms with E-state index >= 15 is 0 Å². The number of nitrogens with zero attached hydrogens (tertiary/aromatic N) is 2. The molecule has 1 fully saturated rings. The number of oxazole rings is 1. The van der Waals surface area contributed by atoms with E-state index in [9.17, 15) is 4.79 Å². The van der Waals surface area contributed by atoms with E-state index in [4.69, 9.17) is 13.9 Å². The Hall–Kier alpha value is -2.38. The largest absolute Gasteiger partial charge is 0.497 e. The first kappa shape index (κ1) is 21.3. The van der Waals surface area contributed by atoms with Gasteiger partial charge in [0.25, 0.3) is 0 Å². The molecule has 1 amide bonds. The van der Waals surface area contributed by atoms with E-state index in [1.54, 1.807) is 13.3 Å². The molecule has 1 aliphatic heterocycles. The number of carbonyl (C=O) groups excluding carboxylic acids is 1. The minimum atomic E-state index is 0.0258. The van der Waals surface area contributed by atoms with Crippen molar-refractivity contribution in [3.63, 3.8) is 0 Å². The molecule has 0 bridgehead atoms. The molecule has 1 aromatic heterocycles. The number of aryl methyl sites for hydroxylation is 1. The fourth-order valence-electron chi connectivity index (χ4n) is 3.62. The van der Waals surface area contributed by atoms with Crippen LogP contribution in [0, 0.1) is 0 Å². The lowest BCUT2D eigenvalue weighted by molar-refractivity contribution is -0.121. The molecule has 0 radical (unpaired) electrons. The first-order chi connectivity index (χ1) is 14.0. The van der Waals surface area contributed by atoms with E-state index in [0.29, 0.717) is 31.0 Å². The van der Waals surface area contributed by atoms with Crippen LogP contribution in [0.2, 0.25) is 0 Å². The van der Waals surface area contributed by atoms with Gasteiger partial charge in [0.2, 0.25) is 5.91 Å². The number of benzene rings is 1. The number of morpholine rings is 1. The van der Waals surface area contributed by atoms with Crippen molar-refractivity contribution in [2.24, 2.45) is 0 Å². The monoisotopic (exact) mass is 401 g/mol. The normalized spacial score (nSPS) is 19.8. The van der Waals surface area contributed by atoms with E-state index in [1.165, 1.54) is 0 Å². The van der Waals surface area contributed by atoms with Gasteiger partial charge in [-0.1, -0.05) is 0 Å². The lowest BCUT2D eigenvalue weighted by Gasteiger charge is -2.35. The van der Waals surface area contributed by atoms with Gasteiger partial charge in [0.1, 0.15) is 5.75 Å². The van der Waals surface area contributed by atoms with Gasteiger partial charge in [-0.2, -0.15) is 0 Å². The van der Waals surface area contributed by atoms with Gasteiger partial charge < -0.3 is 19.2 Å². The maximum absolute atomic E-state index is 12.1. The lowest BCUT2D eigenvalue weighted by atomic mass is 10.2. The smallest absolute Gasteiger partial charge is 0.220 e. The minimum Gasteiger partial charge on any atom is -0.497 e. The highest BCUT2D eigenvalue weighted by Crippen LogP contribution is 2.23. The summed E-state index contributed by atoms with van der Waals surface area (Å²) in [6.07, 6.45) is 4.04. The molecule has 0 saturated carbocycles. The van der Waals surface area contributed by atoms with Gasteiger partial charge in [0, 0.05) is 44.6 Å². The number of amides is 1. The lowest BCUT2D eigenvalue weighted by Crippen LogP contribution is -2.46. The first-order valence-electron chi connectivity index (χ1n) is 10.3. The molecule has 1 aliphatic rings. The van der Waals surface area contributed by atoms with Gasteiger partial charge in [-0.05, 0) is 44.5 Å². The summed E-state index contributed by atoms with van der Waals surface area (Å²) in [6, 6.07) is 7.60. The first-order valence-corrected chi connectivity index (χ1v) is 10.3. The maximum atomic E-state index is 12.1. The van der Waals surface area contributed by atoms with Crippen LogP contribution < -0.4 is 10.1 Å². The van der Waals surface area contributed by atoms with Crippen LogP contribution >= 0.6 is 0 Å². The van der Waals surface area contributed by atoms with Crippen LogP contribution in [0.15, 0.2) is 34.9 Å². The highest BCUT2D eigenvalue weighted by atomic mass is 16.5. The Morgan fingerprint density at radius 2 is 1.97 bits per heavy atom. The number of rotatable bonds is 9. The highest BCUT2D eigenvalue weighted by molar-refractivity contribution is 5.76. The van der Waals surface area contributed by atoms with Gasteiger partial charge in [0.05, 0.1) is 25.5 Å². The Balaban J connectivity index is 1.35. The molecule has 158 valence electrons. The van der Waals surface area contributed by atoms with Crippen molar-refractivity contribution in [3.8, 4) is 17.1 Å². The van der Waals surface area contributed by atoms with E-state index < -0.39 is 0 Å². The SMILES string of the molecule is COc1ccc(-c2cnc(CCC(=O)NCCCN3CC(C)OC(C)C3)o2)cc1. The summed E-state index contributed by atoms with van der Waals surface area (Å²) in [7, 11) is 1.64. The van der Waals surface area contributed by atoms with Crippen LogP contribution in [0.25, 0.3) is 11.3 Å². The Bertz CT molecular complexity index is 765. The zero-order chi connectivity index (χ0) is 20.6. The third kappa shape index (κ3) is 6.58. The van der Waals surface area contributed by atoms with Crippen LogP contribution in [-0.2, 0) is 16.0 Å². The van der Waals surface area contributed by atoms with Crippen molar-refractivity contribution in [2.75, 3.05) is 33.3 Å². The van der Waals surface area contributed by atoms with Gasteiger partial charge in [-0.15, -0.1) is 0 Å². The van der Waals surface area contributed by atoms with Crippen molar-refractivity contribution >= 4 is 5.91 Å². The quantitative estimate of drug-likeness (QED) is 0.651. The summed E-state index contributed by atoms with van der Waals surface area (Å²) in [5.74, 6) is 2.08. The molecule has 1 saturated heterocycles. The third-order valence-electron chi connectivity index (χ3n) is 4.96. The van der Waals surface area contributed by atoms with E-state index in [2.05, 4.69) is 29.0 Å². The number of hydrogen-bond donors (Lipinski definition) is 1. The van der Waals surface area contributed by atoms with Crippen LogP contribution in [0.1, 0.15) is 32.6 Å². The Kier molecular flexibility index (Phi) is 7.66. The Morgan fingerprint density at radius 1 is 1.24 bits per heavy atom. The second-order valence-corrected chi connectivity index (χ2v) is 7.57. The molecule has 0 spiro atoms. The molecule has 1 aromatic carbocycles. The van der Waals surface area contributed by atoms with E-state index in [-0.39, 0.29) is 18.1 Å². The predicted molar refractivity (Wildman–Crippen MR) is 111 cm³/mol. The third-order valence-corrected chi connectivity index (χ3v) is 4.96. The summed E-state index contributed by atoms with van der Waals surface area (Å²) in [5, 5.41) is 2.99. The molecule has 3 rings (SSSR count). The van der Waals surface area contributed by atoms with Crippen molar-refractivity contribution in [3.05, 3.63) is 36.4 Å². The Labute approximate surface area is 172 Å². The molecule has 7 nitrogen and oxygen atoms in total. The summed E-state index contributed by atoms with van der Waals surface area (Å²) in [4.78, 5) is 18.8. The standard InChI is InChI=1S/C22H31N3O4/c1-16-14-25(15-17(2)28-16)12-4-11-23-21(26)9-10-22-24-13-20(29-22)18-5-7-19(27-3)8-6-18/h5-8,13,16-17H,4,9-12,14-15H2,1-3H3,(H,23,26). The maximum Gasteiger partial charge on any atom is 0.220 e. The van der Waals surface area contributed by atoms with Crippen molar-refractivity contribution in [2.45, 2.75) is 45.3 Å². The molecule has 1 N–H and O–H groups in total. The molecule has 29 heavy (non-hydrogen) atoms. The fraction of sp³-hybridized carbons (Fsp3) is 0.545. The molecular weight excluding hydrogens is 370 g/mol. The number of hydrogen-bond acceptors (Lipinski definition) is 6. The van der Waals surface area contributed by atoms with E-state index in [1.807, 2.05) is 24.3 Å². The summed E-state index contributed by atoms with van der Waals surface area (Å²) >= 11 is 0. The fourth-order valence-corrected chi connectivity index (χ4v) is 3.62. The molecule has 2 unspecified atom stereocenters. The van der Waals surface area contributed by atoms with Crippen molar-refractivity contribution in [1.82, 2.24) is 15.2 Å². The summed E-state index contributed by atoms with van der Waals surface area (Å²) in [5.41, 5.74) is 0.931. The van der Waals surface area contributed by atoms with Crippen LogP contribution in [-0.4, -0.2) is 61.3 Å².